The number of imidazole rings is 2. The Labute approximate surface area is 339 Å². The van der Waals surface area contributed by atoms with E-state index < -0.39 is 12.7 Å². The monoisotopic (exact) mass is 850 g/mol. The van der Waals surface area contributed by atoms with Gasteiger partial charge in [-0.25, -0.2) is 19.0 Å². The number of hydrogen-bond acceptors (Lipinski definition) is 12. The zero-order valence-corrected chi connectivity index (χ0v) is 32.3. The molecule has 59 heavy (non-hydrogen) atoms. The van der Waals surface area contributed by atoms with Crippen molar-refractivity contribution in [2.24, 2.45) is 5.73 Å². The molecule has 0 bridgehead atoms. The van der Waals surface area contributed by atoms with Gasteiger partial charge in [-0.3, -0.25) is 9.80 Å². The highest BCUT2D eigenvalue weighted by atomic mass is 35.5. The van der Waals surface area contributed by atoms with Crippen molar-refractivity contribution in [2.75, 3.05) is 84.1 Å². The van der Waals surface area contributed by atoms with Crippen LogP contribution in [0.2, 0.25) is 5.15 Å². The molecule has 8 rings (SSSR count). The number of nitrogens with one attached hydrogen (secondary N) is 1. The highest BCUT2D eigenvalue weighted by molar-refractivity contribution is 6.29. The molecule has 3 N–H and O–H groups in total. The Morgan fingerprint density at radius 1 is 0.661 bits per heavy atom. The van der Waals surface area contributed by atoms with E-state index in [1.54, 1.807) is 35.0 Å². The van der Waals surface area contributed by atoms with E-state index in [0.717, 1.165) is 78.8 Å². The standard InChI is InChI=1S/C19H20F3N5O2.C13H7ClF3N3O.C6H14N2O/c20-19(21,22)29-15-3-1-2-14(12-15)16-13-24-18-5-4-17(25-27(16)18)23-6-7-26-8-10-28-11-9-26;14-11-4-5-12-18-7-10(20(12)19-11)8-2-1-3-9(6-8)21-13(15,16)17;7-1-2-8-3-5-9-6-4-8/h1-5,12-13H,6-11H2,(H,23,25);1-7H;1-7H2. The second kappa shape index (κ2) is 20.1. The lowest BCUT2D eigenvalue weighted by molar-refractivity contribution is -0.275. The molecule has 2 fully saturated rings. The Hall–Kier alpha value is -5.25. The highest BCUT2D eigenvalue weighted by Crippen LogP contribution is 2.30. The normalized spacial score (nSPS) is 15.3. The number of nitrogens with two attached hydrogens (primary N) is 1. The number of ether oxygens (including phenoxy) is 4. The van der Waals surface area contributed by atoms with Gasteiger partial charge in [-0.1, -0.05) is 35.9 Å². The lowest BCUT2D eigenvalue weighted by atomic mass is 10.1. The van der Waals surface area contributed by atoms with Crippen LogP contribution >= 0.6 is 11.6 Å². The van der Waals surface area contributed by atoms with Gasteiger partial charge in [0, 0.05) is 63.5 Å². The molecule has 0 saturated carbocycles. The van der Waals surface area contributed by atoms with Crippen molar-refractivity contribution in [1.29, 1.82) is 0 Å². The lowest BCUT2D eigenvalue weighted by Crippen LogP contribution is -2.39. The first-order valence-corrected chi connectivity index (χ1v) is 18.8. The third-order valence-electron chi connectivity index (χ3n) is 8.81. The van der Waals surface area contributed by atoms with Gasteiger partial charge in [0.05, 0.1) is 50.2 Å². The molecule has 14 nitrogen and oxygen atoms in total. The molecule has 21 heteroatoms. The van der Waals surface area contributed by atoms with Crippen LogP contribution in [-0.2, 0) is 9.47 Å². The zero-order chi connectivity index (χ0) is 41.8. The second-order valence-corrected chi connectivity index (χ2v) is 13.4. The van der Waals surface area contributed by atoms with E-state index >= 15 is 0 Å². The molecule has 2 aliphatic rings. The molecule has 6 heterocycles. The van der Waals surface area contributed by atoms with Crippen LogP contribution in [0.15, 0.2) is 85.2 Å². The highest BCUT2D eigenvalue weighted by Gasteiger charge is 2.32. The average Bonchev–Trinajstić information content (AvgIpc) is 3.82. The van der Waals surface area contributed by atoms with E-state index in [1.165, 1.54) is 47.1 Å². The van der Waals surface area contributed by atoms with Crippen molar-refractivity contribution in [3.05, 3.63) is 90.3 Å². The van der Waals surface area contributed by atoms with E-state index in [9.17, 15) is 26.3 Å². The molecule has 316 valence electrons. The van der Waals surface area contributed by atoms with E-state index in [0.29, 0.717) is 39.6 Å². The number of halogens is 7. The van der Waals surface area contributed by atoms with Crippen LogP contribution in [0, 0.1) is 0 Å². The van der Waals surface area contributed by atoms with Crippen LogP contribution in [0.5, 0.6) is 11.5 Å². The number of anilines is 1. The zero-order valence-electron chi connectivity index (χ0n) is 31.5. The number of aromatic nitrogens is 6. The minimum absolute atomic E-state index is 0.254. The number of morpholine rings is 2. The number of fused-ring (bicyclic) bond motifs is 2. The van der Waals surface area contributed by atoms with Crippen LogP contribution in [0.4, 0.5) is 32.2 Å². The van der Waals surface area contributed by atoms with Gasteiger partial charge in [0.2, 0.25) is 0 Å². The SMILES string of the molecule is FC(F)(F)Oc1cccc(-c2cnc3ccc(Cl)nn23)c1.FC(F)(F)Oc1cccc(-c2cnc3ccc(NCCN4CCOCC4)nn23)c1.NCCN1CCOCC1. The van der Waals surface area contributed by atoms with E-state index in [-0.39, 0.29) is 16.7 Å². The molecule has 0 amide bonds. The maximum atomic E-state index is 12.5. The van der Waals surface area contributed by atoms with Crippen LogP contribution in [0.3, 0.4) is 0 Å². The van der Waals surface area contributed by atoms with Crippen molar-refractivity contribution in [3.63, 3.8) is 0 Å². The first-order valence-electron chi connectivity index (χ1n) is 18.4. The summed E-state index contributed by atoms with van der Waals surface area (Å²) in [5, 5.41) is 12.1. The fourth-order valence-electron chi connectivity index (χ4n) is 6.09. The molecular formula is C38H41ClF6N10O4. The summed E-state index contributed by atoms with van der Waals surface area (Å²) in [6.45, 7) is 10.6. The quantitative estimate of drug-likeness (QED) is 0.150. The summed E-state index contributed by atoms with van der Waals surface area (Å²) in [6.07, 6.45) is -6.40. The van der Waals surface area contributed by atoms with Crippen LogP contribution in [-0.4, -0.2) is 131 Å². The summed E-state index contributed by atoms with van der Waals surface area (Å²) >= 11 is 5.82. The lowest BCUT2D eigenvalue weighted by Gasteiger charge is -2.26. The van der Waals surface area contributed by atoms with Gasteiger partial charge in [-0.15, -0.1) is 31.4 Å². The summed E-state index contributed by atoms with van der Waals surface area (Å²) in [5.41, 5.74) is 8.61. The second-order valence-electron chi connectivity index (χ2n) is 13.0. The summed E-state index contributed by atoms with van der Waals surface area (Å²) in [7, 11) is 0. The summed E-state index contributed by atoms with van der Waals surface area (Å²) < 4.78 is 95.7. The Kier molecular flexibility index (Phi) is 14.8. The van der Waals surface area contributed by atoms with Crippen molar-refractivity contribution < 1.29 is 45.3 Å². The Balaban J connectivity index is 0.000000169. The van der Waals surface area contributed by atoms with Gasteiger partial charge < -0.3 is 30.0 Å². The minimum atomic E-state index is -4.74. The molecule has 0 spiro atoms. The molecule has 0 atom stereocenters. The molecule has 0 radical (unpaired) electrons. The Morgan fingerprint density at radius 2 is 1.15 bits per heavy atom. The van der Waals surface area contributed by atoms with Crippen molar-refractivity contribution in [3.8, 4) is 34.0 Å². The maximum absolute atomic E-state index is 12.5. The maximum Gasteiger partial charge on any atom is 0.573 e. The van der Waals surface area contributed by atoms with Gasteiger partial charge >= 0.3 is 12.7 Å². The molecular weight excluding hydrogens is 810 g/mol. The van der Waals surface area contributed by atoms with Gasteiger partial charge in [-0.05, 0) is 48.5 Å². The predicted octanol–water partition coefficient (Wildman–Crippen LogP) is 6.26. The molecule has 2 aromatic carbocycles. The summed E-state index contributed by atoms with van der Waals surface area (Å²) in [5.74, 6) is 0.0643. The fourth-order valence-corrected chi connectivity index (χ4v) is 6.23. The van der Waals surface area contributed by atoms with Gasteiger partial charge in [0.25, 0.3) is 0 Å². The predicted molar refractivity (Wildman–Crippen MR) is 207 cm³/mol. The molecule has 4 aromatic heterocycles. The topological polar surface area (TPSA) is 142 Å². The Morgan fingerprint density at radius 3 is 1.66 bits per heavy atom. The first-order chi connectivity index (χ1) is 28.3. The molecule has 0 aliphatic carbocycles. The summed E-state index contributed by atoms with van der Waals surface area (Å²) in [6, 6.07) is 18.2. The third-order valence-corrected chi connectivity index (χ3v) is 9.01. The van der Waals surface area contributed by atoms with Crippen molar-refractivity contribution in [1.82, 2.24) is 39.0 Å². The van der Waals surface area contributed by atoms with E-state index in [4.69, 9.17) is 26.8 Å². The number of nitrogens with zero attached hydrogens (tertiary/aromatic N) is 8. The van der Waals surface area contributed by atoms with Gasteiger partial charge in [-0.2, -0.15) is 5.10 Å². The number of benzene rings is 2. The fraction of sp³-hybridized carbons (Fsp3) is 0.368. The van der Waals surface area contributed by atoms with E-state index in [1.807, 2.05) is 12.1 Å². The molecule has 6 aromatic rings. The van der Waals surface area contributed by atoms with Crippen molar-refractivity contribution >= 4 is 28.7 Å². The minimum Gasteiger partial charge on any atom is -0.406 e. The largest absolute Gasteiger partial charge is 0.573 e. The first kappa shape index (κ1) is 43.3. The van der Waals surface area contributed by atoms with Crippen molar-refractivity contribution in [2.45, 2.75) is 12.7 Å². The average molecular weight is 851 g/mol. The third kappa shape index (κ3) is 13.1. The number of alkyl halides is 6. The number of hydrogen-bond donors (Lipinski definition) is 2. The number of rotatable bonds is 10. The van der Waals surface area contributed by atoms with Crippen LogP contribution in [0.1, 0.15) is 0 Å². The Bertz CT molecular complexity index is 2240. The van der Waals surface area contributed by atoms with E-state index in [2.05, 4.69) is 44.8 Å². The molecule has 0 unspecified atom stereocenters. The molecule has 2 saturated heterocycles. The van der Waals surface area contributed by atoms with Gasteiger partial charge in [0.15, 0.2) is 11.3 Å². The van der Waals surface area contributed by atoms with Crippen LogP contribution in [0.25, 0.3) is 33.8 Å². The smallest absolute Gasteiger partial charge is 0.406 e. The summed E-state index contributed by atoms with van der Waals surface area (Å²) in [4.78, 5) is 13.0. The van der Waals surface area contributed by atoms with Crippen LogP contribution < -0.4 is 20.5 Å². The molecule has 2 aliphatic heterocycles. The van der Waals surface area contributed by atoms with Gasteiger partial charge in [0.1, 0.15) is 22.5 Å².